The van der Waals surface area contributed by atoms with Crippen LogP contribution in [0, 0.1) is 12.3 Å². The van der Waals surface area contributed by atoms with Crippen LogP contribution in [-0.2, 0) is 6.54 Å². The second-order valence-electron chi connectivity index (χ2n) is 6.64. The minimum absolute atomic E-state index is 0.344. The number of hydrogen-bond acceptors (Lipinski definition) is 3. The molecule has 3 nitrogen and oxygen atoms in total. The normalized spacial score (nSPS) is 20.9. The van der Waals surface area contributed by atoms with E-state index in [1.54, 1.807) is 0 Å². The van der Waals surface area contributed by atoms with Gasteiger partial charge < -0.3 is 9.47 Å². The Morgan fingerprint density at radius 2 is 1.90 bits per heavy atom. The predicted octanol–water partition coefficient (Wildman–Crippen LogP) is 3.51. The summed E-state index contributed by atoms with van der Waals surface area (Å²) in [6.45, 7) is 10.3. The van der Waals surface area contributed by atoms with Gasteiger partial charge in [-0.2, -0.15) is 0 Å². The van der Waals surface area contributed by atoms with Crippen LogP contribution in [0.2, 0.25) is 0 Å². The van der Waals surface area contributed by atoms with E-state index in [1.807, 2.05) is 0 Å². The van der Waals surface area contributed by atoms with Gasteiger partial charge in [-0.1, -0.05) is 26.0 Å². The fourth-order valence-corrected chi connectivity index (χ4v) is 2.98. The quantitative estimate of drug-likeness (QED) is 0.770. The number of ether oxygens (including phenoxy) is 2. The van der Waals surface area contributed by atoms with Gasteiger partial charge in [0, 0.05) is 19.6 Å². The van der Waals surface area contributed by atoms with Crippen molar-refractivity contribution in [3.8, 4) is 11.5 Å². The van der Waals surface area contributed by atoms with E-state index in [-0.39, 0.29) is 0 Å². The lowest BCUT2D eigenvalue weighted by Gasteiger charge is -2.30. The van der Waals surface area contributed by atoms with Gasteiger partial charge in [0.2, 0.25) is 6.79 Å². The molecule has 2 aliphatic heterocycles. The van der Waals surface area contributed by atoms with Crippen molar-refractivity contribution in [2.45, 2.75) is 33.7 Å². The Labute approximate surface area is 121 Å². The summed E-state index contributed by atoms with van der Waals surface area (Å²) in [6, 6.07) is 4.23. The van der Waals surface area contributed by atoms with Crippen molar-refractivity contribution >= 4 is 0 Å². The third kappa shape index (κ3) is 2.83. The van der Waals surface area contributed by atoms with Gasteiger partial charge in [-0.3, -0.25) is 4.90 Å². The van der Waals surface area contributed by atoms with Crippen LogP contribution in [-0.4, -0.2) is 24.8 Å². The lowest BCUT2D eigenvalue weighted by molar-refractivity contribution is 0.173. The molecule has 0 bridgehead atoms. The Bertz CT molecular complexity index is 534. The maximum atomic E-state index is 5.49. The molecular weight excluding hydrogens is 250 g/mol. The Morgan fingerprint density at radius 1 is 1.15 bits per heavy atom. The molecule has 1 aromatic carbocycles. The average molecular weight is 273 g/mol. The highest BCUT2D eigenvalue weighted by Crippen LogP contribution is 2.35. The summed E-state index contributed by atoms with van der Waals surface area (Å²) in [5.41, 5.74) is 2.96. The minimum Gasteiger partial charge on any atom is -0.454 e. The first-order valence-electron chi connectivity index (χ1n) is 7.30. The highest BCUT2D eigenvalue weighted by molar-refractivity contribution is 5.48. The highest BCUT2D eigenvalue weighted by Gasteiger charge is 2.23. The van der Waals surface area contributed by atoms with Crippen LogP contribution in [0.25, 0.3) is 0 Å². The average Bonchev–Trinajstić information content (AvgIpc) is 2.73. The van der Waals surface area contributed by atoms with Crippen LogP contribution >= 0.6 is 0 Å². The van der Waals surface area contributed by atoms with Gasteiger partial charge in [0.1, 0.15) is 0 Å². The molecule has 108 valence electrons. The molecule has 0 N–H and O–H groups in total. The van der Waals surface area contributed by atoms with E-state index in [0.29, 0.717) is 12.2 Å². The lowest BCUT2D eigenvalue weighted by Crippen LogP contribution is -2.32. The SMILES string of the molecule is Cc1cc2c(cc1CN1CC=CCC(C)(C)C1)OCO2. The van der Waals surface area contributed by atoms with Crippen LogP contribution in [0.15, 0.2) is 24.3 Å². The van der Waals surface area contributed by atoms with Crippen molar-refractivity contribution in [2.24, 2.45) is 5.41 Å². The maximum Gasteiger partial charge on any atom is 0.231 e. The predicted molar refractivity (Wildman–Crippen MR) is 80.1 cm³/mol. The lowest BCUT2D eigenvalue weighted by atomic mass is 9.89. The number of nitrogens with zero attached hydrogens (tertiary/aromatic N) is 1. The maximum absolute atomic E-state index is 5.49. The summed E-state index contributed by atoms with van der Waals surface area (Å²) in [6.07, 6.45) is 5.76. The molecule has 0 amide bonds. The van der Waals surface area contributed by atoms with Crippen LogP contribution in [0.5, 0.6) is 11.5 Å². The smallest absolute Gasteiger partial charge is 0.231 e. The number of rotatable bonds is 2. The Hall–Kier alpha value is -1.48. The zero-order valence-electron chi connectivity index (χ0n) is 12.6. The number of fused-ring (bicyclic) bond motifs is 1. The van der Waals surface area contributed by atoms with Crippen LogP contribution < -0.4 is 9.47 Å². The molecule has 2 heterocycles. The number of aryl methyl sites for hydroxylation is 1. The fraction of sp³-hybridized carbons (Fsp3) is 0.529. The van der Waals surface area contributed by atoms with Crippen molar-refractivity contribution in [3.05, 3.63) is 35.4 Å². The van der Waals surface area contributed by atoms with E-state index in [4.69, 9.17) is 9.47 Å². The summed E-state index contributed by atoms with van der Waals surface area (Å²) in [7, 11) is 0. The van der Waals surface area contributed by atoms with E-state index in [0.717, 1.165) is 37.6 Å². The first-order valence-corrected chi connectivity index (χ1v) is 7.30. The molecule has 0 aromatic heterocycles. The van der Waals surface area contributed by atoms with Crippen molar-refractivity contribution in [3.63, 3.8) is 0 Å². The van der Waals surface area contributed by atoms with Crippen molar-refractivity contribution in [1.29, 1.82) is 0 Å². The molecule has 0 saturated carbocycles. The number of allylic oxidation sites excluding steroid dienone is 1. The largest absolute Gasteiger partial charge is 0.454 e. The number of hydrogen-bond donors (Lipinski definition) is 0. The molecule has 20 heavy (non-hydrogen) atoms. The van der Waals surface area contributed by atoms with Gasteiger partial charge in [0.15, 0.2) is 11.5 Å². The molecule has 0 fully saturated rings. The van der Waals surface area contributed by atoms with E-state index in [1.165, 1.54) is 11.1 Å². The molecule has 3 heteroatoms. The molecule has 2 aliphatic rings. The molecular formula is C17H23NO2. The molecule has 0 spiro atoms. The monoisotopic (exact) mass is 273 g/mol. The second kappa shape index (κ2) is 5.13. The van der Waals surface area contributed by atoms with Gasteiger partial charge in [0.05, 0.1) is 0 Å². The van der Waals surface area contributed by atoms with Gasteiger partial charge >= 0.3 is 0 Å². The molecule has 0 radical (unpaired) electrons. The molecule has 0 unspecified atom stereocenters. The van der Waals surface area contributed by atoms with Crippen LogP contribution in [0.4, 0.5) is 0 Å². The zero-order valence-corrected chi connectivity index (χ0v) is 12.6. The summed E-state index contributed by atoms with van der Waals surface area (Å²) in [5.74, 6) is 1.76. The van der Waals surface area contributed by atoms with E-state index < -0.39 is 0 Å². The second-order valence-corrected chi connectivity index (χ2v) is 6.64. The summed E-state index contributed by atoms with van der Waals surface area (Å²) in [5, 5.41) is 0. The molecule has 0 aliphatic carbocycles. The Kier molecular flexibility index (Phi) is 3.47. The zero-order chi connectivity index (χ0) is 14.2. The van der Waals surface area contributed by atoms with Crippen molar-refractivity contribution < 1.29 is 9.47 Å². The Morgan fingerprint density at radius 3 is 2.70 bits per heavy atom. The van der Waals surface area contributed by atoms with Crippen LogP contribution in [0.1, 0.15) is 31.4 Å². The van der Waals surface area contributed by atoms with E-state index >= 15 is 0 Å². The van der Waals surface area contributed by atoms with Gasteiger partial charge in [-0.05, 0) is 42.0 Å². The molecule has 0 atom stereocenters. The Balaban J connectivity index is 1.79. The van der Waals surface area contributed by atoms with E-state index in [2.05, 4.69) is 50.0 Å². The number of benzene rings is 1. The first kappa shape index (κ1) is 13.5. The fourth-order valence-electron chi connectivity index (χ4n) is 2.98. The van der Waals surface area contributed by atoms with Gasteiger partial charge in [-0.15, -0.1) is 0 Å². The summed E-state index contributed by atoms with van der Waals surface area (Å²) >= 11 is 0. The minimum atomic E-state index is 0.344. The molecule has 3 rings (SSSR count). The third-order valence-corrected chi connectivity index (χ3v) is 4.08. The van der Waals surface area contributed by atoms with Gasteiger partial charge in [0.25, 0.3) is 0 Å². The third-order valence-electron chi connectivity index (χ3n) is 4.08. The van der Waals surface area contributed by atoms with Crippen molar-refractivity contribution in [1.82, 2.24) is 4.90 Å². The summed E-state index contributed by atoms with van der Waals surface area (Å²) in [4.78, 5) is 2.51. The molecule has 1 aromatic rings. The van der Waals surface area contributed by atoms with Crippen molar-refractivity contribution in [2.75, 3.05) is 19.9 Å². The van der Waals surface area contributed by atoms with Crippen LogP contribution in [0.3, 0.4) is 0 Å². The standard InChI is InChI=1S/C17H23NO2/c1-13-8-15-16(20-12-19-15)9-14(13)10-18-7-5-4-6-17(2,3)11-18/h4-5,8-9H,6-7,10-12H2,1-3H3. The summed E-state index contributed by atoms with van der Waals surface area (Å²) < 4.78 is 10.9. The molecule has 0 saturated heterocycles. The van der Waals surface area contributed by atoms with E-state index in [9.17, 15) is 0 Å². The topological polar surface area (TPSA) is 21.7 Å². The van der Waals surface area contributed by atoms with Gasteiger partial charge in [-0.25, -0.2) is 0 Å². The first-order chi connectivity index (χ1) is 9.53. The highest BCUT2D eigenvalue weighted by atomic mass is 16.7.